The Morgan fingerprint density at radius 3 is 2.69 bits per heavy atom. The van der Waals surface area contributed by atoms with E-state index in [1.807, 2.05) is 5.38 Å². The maximum absolute atomic E-state index is 10.9. The summed E-state index contributed by atoms with van der Waals surface area (Å²) in [7, 11) is 0. The molecule has 4 nitrogen and oxygen atoms in total. The summed E-state index contributed by atoms with van der Waals surface area (Å²) < 4.78 is 0. The number of nitrogens with two attached hydrogens (primary N) is 1. The van der Waals surface area contributed by atoms with Crippen LogP contribution >= 0.6 is 11.3 Å². The molecule has 0 amide bonds. The lowest BCUT2D eigenvalue weighted by Crippen LogP contribution is -2.15. The maximum Gasteiger partial charge on any atom is 0.304 e. The lowest BCUT2D eigenvalue weighted by atomic mass is 10.1. The fourth-order valence-corrected chi connectivity index (χ4v) is 2.13. The number of unbranched alkanes of at least 4 members (excludes halogenated alkanes) is 4. The first-order valence-corrected chi connectivity index (χ1v) is 6.78. The molecule has 0 atom stereocenters. The Kier molecular flexibility index (Phi) is 7.12. The third-order valence-electron chi connectivity index (χ3n) is 2.44. The van der Waals surface area contributed by atoms with Crippen LogP contribution < -0.4 is 15.9 Å². The number of H-pyrrole nitrogens is 1. The molecule has 0 spiro atoms. The van der Waals surface area contributed by atoms with Gasteiger partial charge in [0.1, 0.15) is 0 Å². The average molecular weight is 243 g/mol. The molecule has 0 aliphatic carbocycles. The fraction of sp³-hybridized carbons (Fsp3) is 0.727. The quantitative estimate of drug-likeness (QED) is 0.575. The molecule has 1 aromatic rings. The molecule has 4 N–H and O–H groups in total. The van der Waals surface area contributed by atoms with Crippen molar-refractivity contribution in [1.82, 2.24) is 10.3 Å². The minimum absolute atomic E-state index is 0.0265. The highest BCUT2D eigenvalue weighted by Gasteiger charge is 1.95. The highest BCUT2D eigenvalue weighted by Crippen LogP contribution is 2.01. The Labute approximate surface area is 100 Å². The van der Waals surface area contributed by atoms with Crippen molar-refractivity contribution < 1.29 is 0 Å². The standard InChI is InChI=1S/C11H21N3OS/c12-6-4-2-1-3-5-7-13-8-10-9-16-11(15)14-10/h9,13H,1-8,12H2,(H,14,15). The van der Waals surface area contributed by atoms with Gasteiger partial charge in [-0.25, -0.2) is 0 Å². The highest BCUT2D eigenvalue weighted by molar-refractivity contribution is 7.07. The van der Waals surface area contributed by atoms with Crippen LogP contribution in [0.3, 0.4) is 0 Å². The minimum Gasteiger partial charge on any atom is -0.330 e. The van der Waals surface area contributed by atoms with Crippen LogP contribution in [0.25, 0.3) is 0 Å². The molecule has 0 aromatic carbocycles. The lowest BCUT2D eigenvalue weighted by molar-refractivity contribution is 0.575. The Balaban J connectivity index is 1.90. The smallest absolute Gasteiger partial charge is 0.304 e. The van der Waals surface area contributed by atoms with Gasteiger partial charge in [0, 0.05) is 17.6 Å². The molecule has 0 bridgehead atoms. The van der Waals surface area contributed by atoms with Gasteiger partial charge in [0.05, 0.1) is 0 Å². The van der Waals surface area contributed by atoms with Gasteiger partial charge >= 0.3 is 4.87 Å². The molecule has 0 unspecified atom stereocenters. The third-order valence-corrected chi connectivity index (χ3v) is 3.16. The van der Waals surface area contributed by atoms with E-state index in [0.717, 1.165) is 31.7 Å². The summed E-state index contributed by atoms with van der Waals surface area (Å²) >= 11 is 1.22. The molecular formula is C11H21N3OS. The molecule has 16 heavy (non-hydrogen) atoms. The molecule has 0 saturated carbocycles. The third kappa shape index (κ3) is 6.05. The maximum atomic E-state index is 10.9. The van der Waals surface area contributed by atoms with E-state index in [1.165, 1.54) is 37.0 Å². The van der Waals surface area contributed by atoms with Gasteiger partial charge in [-0.15, -0.1) is 0 Å². The van der Waals surface area contributed by atoms with E-state index >= 15 is 0 Å². The molecule has 92 valence electrons. The summed E-state index contributed by atoms with van der Waals surface area (Å²) in [6, 6.07) is 0. The van der Waals surface area contributed by atoms with Crippen molar-refractivity contribution in [1.29, 1.82) is 0 Å². The molecular weight excluding hydrogens is 222 g/mol. The van der Waals surface area contributed by atoms with Crippen molar-refractivity contribution in [2.24, 2.45) is 5.73 Å². The van der Waals surface area contributed by atoms with Gasteiger partial charge in [-0.3, -0.25) is 4.79 Å². The summed E-state index contributed by atoms with van der Waals surface area (Å²) in [6.45, 7) is 2.59. The number of thiazole rings is 1. The zero-order valence-electron chi connectivity index (χ0n) is 9.63. The van der Waals surface area contributed by atoms with Crippen LogP contribution in [-0.4, -0.2) is 18.1 Å². The number of rotatable bonds is 9. The van der Waals surface area contributed by atoms with Gasteiger partial charge in [0.2, 0.25) is 0 Å². The van der Waals surface area contributed by atoms with E-state index < -0.39 is 0 Å². The molecule has 1 rings (SSSR count). The zero-order chi connectivity index (χ0) is 11.6. The van der Waals surface area contributed by atoms with Crippen LogP contribution in [0.5, 0.6) is 0 Å². The van der Waals surface area contributed by atoms with Gasteiger partial charge in [-0.1, -0.05) is 30.6 Å². The van der Waals surface area contributed by atoms with Crippen molar-refractivity contribution in [3.8, 4) is 0 Å². The second-order valence-electron chi connectivity index (χ2n) is 3.91. The van der Waals surface area contributed by atoms with Gasteiger partial charge in [0.15, 0.2) is 0 Å². The highest BCUT2D eigenvalue weighted by atomic mass is 32.1. The van der Waals surface area contributed by atoms with Crippen molar-refractivity contribution >= 4 is 11.3 Å². The number of hydrogen-bond donors (Lipinski definition) is 3. The Bertz CT molecular complexity index is 321. The first kappa shape index (κ1) is 13.4. The van der Waals surface area contributed by atoms with E-state index in [4.69, 9.17) is 5.73 Å². The van der Waals surface area contributed by atoms with Crippen molar-refractivity contribution in [2.75, 3.05) is 13.1 Å². The van der Waals surface area contributed by atoms with E-state index in [1.54, 1.807) is 0 Å². The average Bonchev–Trinajstić information content (AvgIpc) is 2.68. The summed E-state index contributed by atoms with van der Waals surface area (Å²) in [5.41, 5.74) is 6.40. The van der Waals surface area contributed by atoms with Crippen LogP contribution in [0.15, 0.2) is 10.2 Å². The summed E-state index contributed by atoms with van der Waals surface area (Å²) in [5.74, 6) is 0. The van der Waals surface area contributed by atoms with E-state index in [2.05, 4.69) is 10.3 Å². The van der Waals surface area contributed by atoms with E-state index in [0.29, 0.717) is 0 Å². The van der Waals surface area contributed by atoms with Gasteiger partial charge in [-0.05, 0) is 25.9 Å². The van der Waals surface area contributed by atoms with Crippen LogP contribution in [0.4, 0.5) is 0 Å². The van der Waals surface area contributed by atoms with E-state index in [-0.39, 0.29) is 4.87 Å². The normalized spacial score (nSPS) is 10.8. The first-order chi connectivity index (χ1) is 7.83. The molecule has 5 heteroatoms. The topological polar surface area (TPSA) is 70.9 Å². The number of nitrogens with one attached hydrogen (secondary N) is 2. The second-order valence-corrected chi connectivity index (χ2v) is 4.75. The molecule has 0 aliphatic heterocycles. The van der Waals surface area contributed by atoms with Gasteiger partial charge in [-0.2, -0.15) is 0 Å². The monoisotopic (exact) mass is 243 g/mol. The van der Waals surface area contributed by atoms with Gasteiger partial charge in [0.25, 0.3) is 0 Å². The summed E-state index contributed by atoms with van der Waals surface area (Å²) in [6.07, 6.45) is 6.11. The zero-order valence-corrected chi connectivity index (χ0v) is 10.4. The minimum atomic E-state index is 0.0265. The van der Waals surface area contributed by atoms with Crippen molar-refractivity contribution in [3.63, 3.8) is 0 Å². The van der Waals surface area contributed by atoms with Crippen molar-refractivity contribution in [3.05, 3.63) is 20.7 Å². The molecule has 0 saturated heterocycles. The number of hydrogen-bond acceptors (Lipinski definition) is 4. The predicted octanol–water partition coefficient (Wildman–Crippen LogP) is 1.44. The first-order valence-electron chi connectivity index (χ1n) is 5.90. The molecule has 1 heterocycles. The molecule has 0 fully saturated rings. The predicted molar refractivity (Wildman–Crippen MR) is 68.8 cm³/mol. The van der Waals surface area contributed by atoms with Crippen LogP contribution in [0.2, 0.25) is 0 Å². The van der Waals surface area contributed by atoms with E-state index in [9.17, 15) is 4.79 Å². The van der Waals surface area contributed by atoms with Crippen molar-refractivity contribution in [2.45, 2.75) is 38.6 Å². The Morgan fingerprint density at radius 2 is 2.00 bits per heavy atom. The number of aromatic amines is 1. The molecule has 1 aromatic heterocycles. The Hall–Kier alpha value is -0.650. The SMILES string of the molecule is NCCCCCCCNCc1csc(=O)[nH]1. The summed E-state index contributed by atoms with van der Waals surface area (Å²) in [5, 5.41) is 5.19. The molecule has 0 aliphatic rings. The van der Waals surface area contributed by atoms with Crippen LogP contribution in [0, 0.1) is 0 Å². The van der Waals surface area contributed by atoms with Crippen LogP contribution in [0.1, 0.15) is 37.8 Å². The number of aromatic nitrogens is 1. The largest absolute Gasteiger partial charge is 0.330 e. The Morgan fingerprint density at radius 1 is 1.25 bits per heavy atom. The molecule has 0 radical (unpaired) electrons. The van der Waals surface area contributed by atoms with Gasteiger partial charge < -0.3 is 16.0 Å². The summed E-state index contributed by atoms with van der Waals surface area (Å²) in [4.78, 5) is 13.7. The van der Waals surface area contributed by atoms with Crippen LogP contribution in [-0.2, 0) is 6.54 Å². The lowest BCUT2D eigenvalue weighted by Gasteiger charge is -2.02. The fourth-order valence-electron chi connectivity index (χ4n) is 1.55. The second kappa shape index (κ2) is 8.50.